The van der Waals surface area contributed by atoms with Gasteiger partial charge in [-0.05, 0) is 12.8 Å². The summed E-state index contributed by atoms with van der Waals surface area (Å²) in [5, 5.41) is 3.59. The molecule has 2 aliphatic rings. The van der Waals surface area contributed by atoms with Gasteiger partial charge in [0.05, 0.1) is 19.3 Å². The van der Waals surface area contributed by atoms with Crippen LogP contribution < -0.4 is 5.32 Å². The van der Waals surface area contributed by atoms with E-state index in [-0.39, 0.29) is 6.10 Å². The van der Waals surface area contributed by atoms with Crippen molar-refractivity contribution >= 4 is 0 Å². The van der Waals surface area contributed by atoms with Gasteiger partial charge in [-0.2, -0.15) is 0 Å². The Morgan fingerprint density at radius 2 is 1.93 bits per heavy atom. The van der Waals surface area contributed by atoms with Crippen molar-refractivity contribution in [3.8, 4) is 0 Å². The van der Waals surface area contributed by atoms with Crippen LogP contribution in [0.3, 0.4) is 0 Å². The Balaban J connectivity index is 1.81. The number of methoxy groups -OCH3 is 1. The van der Waals surface area contributed by atoms with Crippen LogP contribution >= 0.6 is 0 Å². The number of hydrogen-bond donors (Lipinski definition) is 1. The fourth-order valence-electron chi connectivity index (χ4n) is 2.10. The summed E-state index contributed by atoms with van der Waals surface area (Å²) in [5.74, 6) is 0. The van der Waals surface area contributed by atoms with Gasteiger partial charge in [-0.1, -0.05) is 0 Å². The molecule has 0 aliphatic carbocycles. The van der Waals surface area contributed by atoms with Gasteiger partial charge in [-0.3, -0.25) is 0 Å². The first-order valence-electron chi connectivity index (χ1n) is 5.34. The molecule has 0 bridgehead atoms. The highest BCUT2D eigenvalue weighted by atomic mass is 16.5. The van der Waals surface area contributed by atoms with Crippen molar-refractivity contribution < 1.29 is 14.2 Å². The normalized spacial score (nSPS) is 38.8. The molecule has 4 heteroatoms. The minimum Gasteiger partial charge on any atom is -0.380 e. The zero-order chi connectivity index (χ0) is 9.80. The zero-order valence-corrected chi connectivity index (χ0v) is 8.70. The highest BCUT2D eigenvalue weighted by Crippen LogP contribution is 2.13. The van der Waals surface area contributed by atoms with Gasteiger partial charge < -0.3 is 19.5 Å². The minimum atomic E-state index is 0.198. The highest BCUT2D eigenvalue weighted by Gasteiger charge is 2.28. The van der Waals surface area contributed by atoms with E-state index in [2.05, 4.69) is 5.32 Å². The number of nitrogens with one attached hydrogen (secondary N) is 1. The summed E-state index contributed by atoms with van der Waals surface area (Å²) < 4.78 is 16.1. The molecule has 0 amide bonds. The van der Waals surface area contributed by atoms with Crippen LogP contribution in [0.15, 0.2) is 0 Å². The van der Waals surface area contributed by atoms with Gasteiger partial charge in [0.25, 0.3) is 0 Å². The van der Waals surface area contributed by atoms with E-state index in [1.54, 1.807) is 7.11 Å². The lowest BCUT2D eigenvalue weighted by atomic mass is 10.0. The third-order valence-electron chi connectivity index (χ3n) is 2.99. The van der Waals surface area contributed by atoms with Crippen molar-refractivity contribution in [3.63, 3.8) is 0 Å². The molecule has 2 fully saturated rings. The summed E-state index contributed by atoms with van der Waals surface area (Å²) in [4.78, 5) is 0. The van der Waals surface area contributed by atoms with Crippen molar-refractivity contribution in [1.29, 1.82) is 0 Å². The molecule has 2 saturated heterocycles. The third-order valence-corrected chi connectivity index (χ3v) is 2.99. The fourth-order valence-corrected chi connectivity index (χ4v) is 2.10. The van der Waals surface area contributed by atoms with E-state index in [0.29, 0.717) is 18.7 Å². The Morgan fingerprint density at radius 3 is 2.64 bits per heavy atom. The third kappa shape index (κ3) is 2.45. The van der Waals surface area contributed by atoms with Crippen LogP contribution in [0.5, 0.6) is 0 Å². The van der Waals surface area contributed by atoms with Gasteiger partial charge in [0.15, 0.2) is 0 Å². The average Bonchev–Trinajstić information content (AvgIpc) is 2.71. The van der Waals surface area contributed by atoms with Gasteiger partial charge >= 0.3 is 0 Å². The van der Waals surface area contributed by atoms with Crippen LogP contribution in [0, 0.1) is 0 Å². The molecule has 0 saturated carbocycles. The highest BCUT2D eigenvalue weighted by molar-refractivity contribution is 4.84. The van der Waals surface area contributed by atoms with Crippen LogP contribution in [0.25, 0.3) is 0 Å². The van der Waals surface area contributed by atoms with Gasteiger partial charge in [-0.15, -0.1) is 0 Å². The molecule has 3 atom stereocenters. The lowest BCUT2D eigenvalue weighted by Crippen LogP contribution is -2.51. The topological polar surface area (TPSA) is 39.7 Å². The van der Waals surface area contributed by atoms with Gasteiger partial charge in [0.1, 0.15) is 0 Å². The zero-order valence-electron chi connectivity index (χ0n) is 8.70. The van der Waals surface area contributed by atoms with E-state index in [1.165, 1.54) is 0 Å². The Bertz CT molecular complexity index is 171. The summed E-state index contributed by atoms with van der Waals surface area (Å²) >= 11 is 0. The van der Waals surface area contributed by atoms with Gasteiger partial charge in [-0.25, -0.2) is 0 Å². The van der Waals surface area contributed by atoms with E-state index in [4.69, 9.17) is 14.2 Å². The van der Waals surface area contributed by atoms with Crippen molar-refractivity contribution in [2.75, 3.05) is 33.5 Å². The summed E-state index contributed by atoms with van der Waals surface area (Å²) in [6.07, 6.45) is 2.35. The van der Waals surface area contributed by atoms with Crippen molar-refractivity contribution in [1.82, 2.24) is 5.32 Å². The second-order valence-electron chi connectivity index (χ2n) is 3.97. The second kappa shape index (κ2) is 5.07. The van der Waals surface area contributed by atoms with Crippen LogP contribution in [-0.4, -0.2) is 51.7 Å². The van der Waals surface area contributed by atoms with Crippen LogP contribution in [0.4, 0.5) is 0 Å². The molecular formula is C10H19NO3. The van der Waals surface area contributed by atoms with Crippen molar-refractivity contribution in [3.05, 3.63) is 0 Å². The molecule has 0 radical (unpaired) electrons. The average molecular weight is 201 g/mol. The Labute approximate surface area is 84.9 Å². The largest absolute Gasteiger partial charge is 0.380 e. The molecule has 82 valence electrons. The predicted octanol–water partition coefficient (Wildman–Crippen LogP) is 0.169. The Kier molecular flexibility index (Phi) is 3.75. The van der Waals surface area contributed by atoms with Crippen LogP contribution in [0.2, 0.25) is 0 Å². The van der Waals surface area contributed by atoms with E-state index in [1.807, 2.05) is 0 Å². The molecule has 1 N–H and O–H groups in total. The molecule has 0 aromatic carbocycles. The van der Waals surface area contributed by atoms with Crippen LogP contribution in [0.1, 0.15) is 12.8 Å². The summed E-state index contributed by atoms with van der Waals surface area (Å²) in [6, 6.07) is 0.941. The number of rotatable bonds is 3. The van der Waals surface area contributed by atoms with Gasteiger partial charge in [0, 0.05) is 32.4 Å². The molecule has 3 unspecified atom stereocenters. The molecular weight excluding hydrogens is 182 g/mol. The van der Waals surface area contributed by atoms with Gasteiger partial charge in [0.2, 0.25) is 0 Å². The first kappa shape index (κ1) is 10.4. The molecule has 0 aromatic rings. The molecule has 4 nitrogen and oxygen atoms in total. The maximum atomic E-state index is 5.39. The molecule has 14 heavy (non-hydrogen) atoms. The predicted molar refractivity (Wildman–Crippen MR) is 52.4 cm³/mol. The second-order valence-corrected chi connectivity index (χ2v) is 3.97. The van der Waals surface area contributed by atoms with Crippen molar-refractivity contribution in [2.45, 2.75) is 31.0 Å². The standard InChI is InChI=1S/C10H19NO3/c1-12-10-7-14-5-3-9(10)11-8-2-4-13-6-8/h8-11H,2-7H2,1H3. The number of hydrogen-bond acceptors (Lipinski definition) is 4. The maximum absolute atomic E-state index is 5.39. The van der Waals surface area contributed by atoms with E-state index < -0.39 is 0 Å². The Morgan fingerprint density at radius 1 is 1.14 bits per heavy atom. The summed E-state index contributed by atoms with van der Waals surface area (Å²) in [5.41, 5.74) is 0. The lowest BCUT2D eigenvalue weighted by molar-refractivity contribution is -0.0522. The molecule has 2 rings (SSSR count). The first-order chi connectivity index (χ1) is 6.90. The van der Waals surface area contributed by atoms with Crippen LogP contribution in [-0.2, 0) is 14.2 Å². The summed E-state index contributed by atoms with van der Waals surface area (Å²) in [7, 11) is 1.75. The van der Waals surface area contributed by atoms with E-state index in [0.717, 1.165) is 32.7 Å². The number of ether oxygens (including phenoxy) is 3. The minimum absolute atomic E-state index is 0.198. The smallest absolute Gasteiger partial charge is 0.0958 e. The molecule has 0 spiro atoms. The lowest BCUT2D eigenvalue weighted by Gasteiger charge is -2.32. The molecule has 0 aromatic heterocycles. The monoisotopic (exact) mass is 201 g/mol. The van der Waals surface area contributed by atoms with E-state index in [9.17, 15) is 0 Å². The molecule has 2 aliphatic heterocycles. The van der Waals surface area contributed by atoms with Crippen molar-refractivity contribution in [2.24, 2.45) is 0 Å². The van der Waals surface area contributed by atoms with E-state index >= 15 is 0 Å². The molecule has 2 heterocycles. The Hall–Kier alpha value is -0.160. The fraction of sp³-hybridized carbons (Fsp3) is 1.00. The first-order valence-corrected chi connectivity index (χ1v) is 5.34. The maximum Gasteiger partial charge on any atom is 0.0958 e. The quantitative estimate of drug-likeness (QED) is 0.706. The SMILES string of the molecule is COC1COCCC1NC1CCOC1. The summed E-state index contributed by atoms with van der Waals surface area (Å²) in [6.45, 7) is 3.28.